The first kappa shape index (κ1) is 19.8. The van der Waals surface area contributed by atoms with Gasteiger partial charge in [-0.3, -0.25) is 14.7 Å². The molecule has 2 aromatic carbocycles. The quantitative estimate of drug-likeness (QED) is 0.489. The summed E-state index contributed by atoms with van der Waals surface area (Å²) in [5.74, 6) is 0. The summed E-state index contributed by atoms with van der Waals surface area (Å²) < 4.78 is 66.8. The maximum Gasteiger partial charge on any atom is 0.416 e. The van der Waals surface area contributed by atoms with Crippen molar-refractivity contribution in [3.8, 4) is 11.1 Å². The highest BCUT2D eigenvalue weighted by molar-refractivity contribution is 7.92. The maximum atomic E-state index is 13.0. The topological polar surface area (TPSA) is 72.0 Å². The number of fused-ring (bicyclic) bond motifs is 1. The predicted molar refractivity (Wildman–Crippen MR) is 107 cm³/mol. The minimum Gasteiger partial charge on any atom is -0.277 e. The molecule has 30 heavy (non-hydrogen) atoms. The lowest BCUT2D eigenvalue weighted by Gasteiger charge is -2.14. The first-order valence-corrected chi connectivity index (χ1v) is 10.2. The molecule has 4 rings (SSSR count). The fourth-order valence-corrected chi connectivity index (χ4v) is 4.18. The van der Waals surface area contributed by atoms with E-state index in [9.17, 15) is 21.6 Å². The molecule has 0 spiro atoms. The second kappa shape index (κ2) is 7.42. The van der Waals surface area contributed by atoms with Crippen molar-refractivity contribution in [3.63, 3.8) is 0 Å². The van der Waals surface area contributed by atoms with E-state index in [2.05, 4.69) is 14.7 Å². The second-order valence-electron chi connectivity index (χ2n) is 6.43. The third-order valence-electron chi connectivity index (χ3n) is 4.46. The van der Waals surface area contributed by atoms with Crippen molar-refractivity contribution < 1.29 is 21.6 Å². The number of rotatable bonds is 4. The van der Waals surface area contributed by atoms with Crippen molar-refractivity contribution in [1.82, 2.24) is 9.97 Å². The summed E-state index contributed by atoms with van der Waals surface area (Å²) in [4.78, 5) is 7.88. The highest BCUT2D eigenvalue weighted by atomic mass is 32.2. The van der Waals surface area contributed by atoms with Gasteiger partial charge in [-0.05, 0) is 42.0 Å². The van der Waals surface area contributed by atoms with Crippen LogP contribution in [0.1, 0.15) is 5.56 Å². The Hall–Kier alpha value is -3.46. The Morgan fingerprint density at radius 1 is 0.900 bits per heavy atom. The number of aromatic nitrogens is 2. The molecule has 1 N–H and O–H groups in total. The monoisotopic (exact) mass is 429 g/mol. The summed E-state index contributed by atoms with van der Waals surface area (Å²) in [5.41, 5.74) is 1.11. The van der Waals surface area contributed by atoms with Crippen molar-refractivity contribution in [3.05, 3.63) is 84.8 Å². The van der Waals surface area contributed by atoms with Gasteiger partial charge >= 0.3 is 6.18 Å². The van der Waals surface area contributed by atoms with Crippen LogP contribution >= 0.6 is 0 Å². The van der Waals surface area contributed by atoms with Crippen LogP contribution in [0.3, 0.4) is 0 Å². The van der Waals surface area contributed by atoms with E-state index in [-0.39, 0.29) is 5.69 Å². The van der Waals surface area contributed by atoms with Crippen LogP contribution in [-0.4, -0.2) is 18.4 Å². The largest absolute Gasteiger partial charge is 0.416 e. The SMILES string of the molecule is O=S(=O)(Nc1ccc(-c2cccnc2)c2cccnc12)c1cccc(C(F)(F)F)c1. The van der Waals surface area contributed by atoms with E-state index in [1.807, 2.05) is 6.07 Å². The van der Waals surface area contributed by atoms with E-state index in [0.717, 1.165) is 29.3 Å². The second-order valence-corrected chi connectivity index (χ2v) is 8.12. The van der Waals surface area contributed by atoms with E-state index < -0.39 is 26.7 Å². The summed E-state index contributed by atoms with van der Waals surface area (Å²) in [5, 5.41) is 0.676. The number of hydrogen-bond acceptors (Lipinski definition) is 4. The molecule has 0 atom stereocenters. The zero-order valence-electron chi connectivity index (χ0n) is 15.3. The fourth-order valence-electron chi connectivity index (χ4n) is 3.07. The van der Waals surface area contributed by atoms with Crippen LogP contribution in [0.5, 0.6) is 0 Å². The Labute approximate surface area is 170 Å². The standard InChI is InChI=1S/C21H14F3N3O2S/c22-21(23,24)15-5-1-6-16(12-15)30(28,29)27-19-9-8-17(14-4-2-10-25-13-14)18-7-3-11-26-20(18)19/h1-13,27H. The maximum absolute atomic E-state index is 13.0. The summed E-state index contributed by atoms with van der Waals surface area (Å²) in [6.07, 6.45) is 0.179. The fraction of sp³-hybridized carbons (Fsp3) is 0.0476. The molecule has 0 unspecified atom stereocenters. The Morgan fingerprint density at radius 3 is 2.43 bits per heavy atom. The summed E-state index contributed by atoms with van der Waals surface area (Å²) in [6, 6.07) is 14.0. The van der Waals surface area contributed by atoms with E-state index >= 15 is 0 Å². The highest BCUT2D eigenvalue weighted by Crippen LogP contribution is 2.34. The third-order valence-corrected chi connectivity index (χ3v) is 5.82. The van der Waals surface area contributed by atoms with Crippen LogP contribution < -0.4 is 4.72 Å². The average molecular weight is 429 g/mol. The van der Waals surface area contributed by atoms with Crippen LogP contribution in [-0.2, 0) is 16.2 Å². The number of alkyl halides is 3. The summed E-state index contributed by atoms with van der Waals surface area (Å²) in [6.45, 7) is 0. The Kier molecular flexibility index (Phi) is 4.90. The minimum absolute atomic E-state index is 0.163. The number of anilines is 1. The molecular weight excluding hydrogens is 415 g/mol. The van der Waals surface area contributed by atoms with E-state index in [1.165, 1.54) is 12.3 Å². The van der Waals surface area contributed by atoms with Crippen molar-refractivity contribution >= 4 is 26.6 Å². The van der Waals surface area contributed by atoms with Gasteiger partial charge in [0, 0.05) is 29.5 Å². The van der Waals surface area contributed by atoms with Gasteiger partial charge in [-0.1, -0.05) is 24.3 Å². The number of nitrogens with one attached hydrogen (secondary N) is 1. The molecule has 2 aromatic heterocycles. The molecule has 152 valence electrons. The van der Waals surface area contributed by atoms with E-state index in [1.54, 1.807) is 36.7 Å². The molecule has 4 aromatic rings. The number of sulfonamides is 1. The van der Waals surface area contributed by atoms with Gasteiger partial charge < -0.3 is 0 Å². The molecule has 0 aliphatic rings. The lowest BCUT2D eigenvalue weighted by atomic mass is 10.0. The minimum atomic E-state index is -4.65. The number of nitrogens with zero attached hydrogens (tertiary/aromatic N) is 2. The molecule has 2 heterocycles. The van der Waals surface area contributed by atoms with Crippen molar-refractivity contribution in [2.75, 3.05) is 4.72 Å². The molecule has 0 fully saturated rings. The van der Waals surface area contributed by atoms with E-state index in [0.29, 0.717) is 17.0 Å². The van der Waals surface area contributed by atoms with Crippen molar-refractivity contribution in [2.45, 2.75) is 11.1 Å². The Balaban J connectivity index is 1.78. The van der Waals surface area contributed by atoms with Gasteiger partial charge in [-0.15, -0.1) is 0 Å². The molecule has 0 aliphatic carbocycles. The average Bonchev–Trinajstić information content (AvgIpc) is 2.74. The molecule has 9 heteroatoms. The van der Waals surface area contributed by atoms with Gasteiger partial charge in [0.05, 0.1) is 21.7 Å². The van der Waals surface area contributed by atoms with Crippen LogP contribution in [0, 0.1) is 0 Å². The highest BCUT2D eigenvalue weighted by Gasteiger charge is 2.31. The molecule has 0 amide bonds. The first-order valence-electron chi connectivity index (χ1n) is 8.74. The smallest absolute Gasteiger partial charge is 0.277 e. The lowest BCUT2D eigenvalue weighted by molar-refractivity contribution is -0.137. The van der Waals surface area contributed by atoms with Crippen LogP contribution in [0.15, 0.2) is 84.1 Å². The molecular formula is C21H14F3N3O2S. The zero-order valence-corrected chi connectivity index (χ0v) is 16.1. The van der Waals surface area contributed by atoms with Crippen LogP contribution in [0.4, 0.5) is 18.9 Å². The Morgan fingerprint density at radius 2 is 1.70 bits per heavy atom. The van der Waals surface area contributed by atoms with Gasteiger partial charge in [0.1, 0.15) is 0 Å². The van der Waals surface area contributed by atoms with E-state index in [4.69, 9.17) is 0 Å². The van der Waals surface area contributed by atoms with Crippen LogP contribution in [0.25, 0.3) is 22.0 Å². The molecule has 0 aliphatic heterocycles. The molecule has 0 bridgehead atoms. The normalized spacial score (nSPS) is 12.1. The van der Waals surface area contributed by atoms with Gasteiger partial charge in [-0.25, -0.2) is 8.42 Å². The molecule has 5 nitrogen and oxygen atoms in total. The summed E-state index contributed by atoms with van der Waals surface area (Å²) >= 11 is 0. The van der Waals surface area contributed by atoms with Crippen LogP contribution in [0.2, 0.25) is 0 Å². The van der Waals surface area contributed by atoms with Gasteiger partial charge in [-0.2, -0.15) is 13.2 Å². The van der Waals surface area contributed by atoms with Gasteiger partial charge in [0.25, 0.3) is 10.0 Å². The van der Waals surface area contributed by atoms with Gasteiger partial charge in [0.2, 0.25) is 0 Å². The third kappa shape index (κ3) is 3.84. The molecule has 0 saturated carbocycles. The summed E-state index contributed by atoms with van der Waals surface area (Å²) in [7, 11) is -4.27. The number of benzene rings is 2. The zero-order chi connectivity index (χ0) is 21.4. The first-order chi connectivity index (χ1) is 14.3. The van der Waals surface area contributed by atoms with Gasteiger partial charge in [0.15, 0.2) is 0 Å². The molecule has 0 radical (unpaired) electrons. The molecule has 0 saturated heterocycles. The van der Waals surface area contributed by atoms with Crippen molar-refractivity contribution in [1.29, 1.82) is 0 Å². The number of hydrogen-bond donors (Lipinski definition) is 1. The number of pyridine rings is 2. The van der Waals surface area contributed by atoms with Crippen molar-refractivity contribution in [2.24, 2.45) is 0 Å². The number of halogens is 3. The lowest BCUT2D eigenvalue weighted by Crippen LogP contribution is -2.15. The Bertz CT molecular complexity index is 1320. The predicted octanol–water partition coefficient (Wildman–Crippen LogP) is 5.12.